The first-order valence-corrected chi connectivity index (χ1v) is 11.1. The van der Waals surface area contributed by atoms with Crippen LogP contribution in [0.25, 0.3) is 21.5 Å². The maximum atomic E-state index is 13.0. The summed E-state index contributed by atoms with van der Waals surface area (Å²) in [7, 11) is 3.09. The Hall–Kier alpha value is -4.05. The highest BCUT2D eigenvalue weighted by molar-refractivity contribution is 7.19. The fourth-order valence-electron chi connectivity index (χ4n) is 3.47. The number of ether oxygens (including phenoxy) is 2. The van der Waals surface area contributed by atoms with Crippen molar-refractivity contribution in [1.29, 1.82) is 0 Å². The zero-order valence-corrected chi connectivity index (χ0v) is 19.9. The highest BCUT2D eigenvalue weighted by Crippen LogP contribution is 2.35. The number of methoxy groups -OCH3 is 2. The van der Waals surface area contributed by atoms with Gasteiger partial charge in [-0.15, -0.1) is 11.3 Å². The van der Waals surface area contributed by atoms with Gasteiger partial charge in [0.1, 0.15) is 12.2 Å². The second-order valence-electron chi connectivity index (χ2n) is 7.47. The zero-order valence-electron chi connectivity index (χ0n) is 19.0. The van der Waals surface area contributed by atoms with Crippen LogP contribution in [0.4, 0.5) is 5.69 Å². The molecule has 0 bridgehead atoms. The van der Waals surface area contributed by atoms with E-state index in [0.717, 1.165) is 4.68 Å². The molecule has 0 aliphatic heterocycles. The van der Waals surface area contributed by atoms with E-state index in [1.165, 1.54) is 25.4 Å². The standard InChI is InChI=1S/C24H22N4O5S/c1-13(29)15-5-8-17(9-6-15)26-20(30)12-28-24(31)22-23(34-14(2)25-22)21(27-28)16-7-10-18(32-3)19(11-16)33-4/h5-11H,12H2,1-4H3,(H,26,30). The number of thiazole rings is 1. The lowest BCUT2D eigenvalue weighted by Crippen LogP contribution is -2.30. The third-order valence-electron chi connectivity index (χ3n) is 5.13. The predicted octanol–water partition coefficient (Wildman–Crippen LogP) is 3.69. The normalized spacial score (nSPS) is 10.8. The van der Waals surface area contributed by atoms with Gasteiger partial charge in [-0.25, -0.2) is 9.67 Å². The number of fused-ring (bicyclic) bond motifs is 1. The number of hydrogen-bond acceptors (Lipinski definition) is 8. The lowest BCUT2D eigenvalue weighted by Gasteiger charge is -2.12. The van der Waals surface area contributed by atoms with E-state index >= 15 is 0 Å². The number of nitrogens with zero attached hydrogens (tertiary/aromatic N) is 3. The van der Waals surface area contributed by atoms with Crippen LogP contribution in [0.3, 0.4) is 0 Å². The summed E-state index contributed by atoms with van der Waals surface area (Å²) < 4.78 is 12.4. The number of rotatable bonds is 7. The van der Waals surface area contributed by atoms with Crippen LogP contribution < -0.4 is 20.3 Å². The summed E-state index contributed by atoms with van der Waals surface area (Å²) in [5, 5.41) is 7.94. The van der Waals surface area contributed by atoms with E-state index in [-0.39, 0.29) is 17.8 Å². The smallest absolute Gasteiger partial charge is 0.294 e. The molecule has 9 nitrogen and oxygen atoms in total. The number of hydrogen-bond donors (Lipinski definition) is 1. The molecule has 0 spiro atoms. The molecule has 1 amide bonds. The molecule has 2 heterocycles. The molecule has 0 atom stereocenters. The van der Waals surface area contributed by atoms with Gasteiger partial charge in [-0.2, -0.15) is 5.10 Å². The summed E-state index contributed by atoms with van der Waals surface area (Å²) in [4.78, 5) is 41.5. The van der Waals surface area contributed by atoms with Crippen molar-refractivity contribution in [2.75, 3.05) is 19.5 Å². The summed E-state index contributed by atoms with van der Waals surface area (Å²) in [5.74, 6) is 0.574. The number of aryl methyl sites for hydroxylation is 1. The Morgan fingerprint density at radius 1 is 1.06 bits per heavy atom. The van der Waals surface area contributed by atoms with Gasteiger partial charge in [-0.3, -0.25) is 14.4 Å². The van der Waals surface area contributed by atoms with E-state index in [9.17, 15) is 14.4 Å². The summed E-state index contributed by atoms with van der Waals surface area (Å²) in [6.07, 6.45) is 0. The van der Waals surface area contributed by atoms with Gasteiger partial charge in [0.05, 0.1) is 23.9 Å². The topological polar surface area (TPSA) is 112 Å². The number of amides is 1. The molecule has 10 heteroatoms. The van der Waals surface area contributed by atoms with Crippen LogP contribution in [0.15, 0.2) is 47.3 Å². The Balaban J connectivity index is 1.71. The molecule has 0 aliphatic carbocycles. The molecule has 0 saturated carbocycles. The number of Topliss-reactive ketones (excluding diaryl/α,β-unsaturated/α-hetero) is 1. The molecule has 0 saturated heterocycles. The van der Waals surface area contributed by atoms with Crippen molar-refractivity contribution >= 4 is 38.9 Å². The molecule has 4 rings (SSSR count). The Kier molecular flexibility index (Phi) is 6.42. The van der Waals surface area contributed by atoms with Crippen molar-refractivity contribution in [3.63, 3.8) is 0 Å². The molecular formula is C24H22N4O5S. The summed E-state index contributed by atoms with van der Waals surface area (Å²) in [6.45, 7) is 2.97. The van der Waals surface area contributed by atoms with Gasteiger partial charge in [0.25, 0.3) is 5.56 Å². The van der Waals surface area contributed by atoms with Crippen molar-refractivity contribution in [1.82, 2.24) is 14.8 Å². The second kappa shape index (κ2) is 9.44. The number of carbonyl (C=O) groups is 2. The summed E-state index contributed by atoms with van der Waals surface area (Å²) in [5.41, 5.74) is 2.06. The monoisotopic (exact) mass is 478 g/mol. The highest BCUT2D eigenvalue weighted by Gasteiger charge is 2.19. The van der Waals surface area contributed by atoms with Gasteiger partial charge >= 0.3 is 0 Å². The minimum absolute atomic E-state index is 0.0665. The fourth-order valence-corrected chi connectivity index (χ4v) is 4.39. The fraction of sp³-hybridized carbons (Fsp3) is 0.208. The number of anilines is 1. The number of benzene rings is 2. The Morgan fingerprint density at radius 2 is 1.76 bits per heavy atom. The van der Waals surface area contributed by atoms with Crippen LogP contribution in [-0.2, 0) is 11.3 Å². The average molecular weight is 479 g/mol. The van der Waals surface area contributed by atoms with E-state index in [2.05, 4.69) is 15.4 Å². The lowest BCUT2D eigenvalue weighted by molar-refractivity contribution is -0.117. The minimum Gasteiger partial charge on any atom is -0.493 e. The summed E-state index contributed by atoms with van der Waals surface area (Å²) in [6, 6.07) is 11.8. The van der Waals surface area contributed by atoms with Crippen LogP contribution in [0.2, 0.25) is 0 Å². The quantitative estimate of drug-likeness (QED) is 0.403. The Bertz CT molecular complexity index is 1460. The van der Waals surface area contributed by atoms with Crippen LogP contribution in [-0.4, -0.2) is 40.7 Å². The molecule has 4 aromatic rings. The average Bonchev–Trinajstić information content (AvgIpc) is 3.22. The summed E-state index contributed by atoms with van der Waals surface area (Å²) >= 11 is 1.36. The maximum absolute atomic E-state index is 13.0. The van der Waals surface area contributed by atoms with Gasteiger partial charge < -0.3 is 14.8 Å². The zero-order chi connectivity index (χ0) is 24.4. The van der Waals surface area contributed by atoms with Crippen LogP contribution in [0.5, 0.6) is 11.5 Å². The molecule has 2 aromatic heterocycles. The SMILES string of the molecule is COc1ccc(-c2nn(CC(=O)Nc3ccc(C(C)=O)cc3)c(=O)c3nc(C)sc23)cc1OC. The van der Waals surface area contributed by atoms with Crippen molar-refractivity contribution in [3.8, 4) is 22.8 Å². The van der Waals surface area contributed by atoms with Crippen molar-refractivity contribution in [2.45, 2.75) is 20.4 Å². The van der Waals surface area contributed by atoms with E-state index < -0.39 is 11.5 Å². The Morgan fingerprint density at radius 3 is 2.41 bits per heavy atom. The van der Waals surface area contributed by atoms with Crippen LogP contribution in [0.1, 0.15) is 22.3 Å². The van der Waals surface area contributed by atoms with Crippen LogP contribution in [0, 0.1) is 6.92 Å². The van der Waals surface area contributed by atoms with Gasteiger partial charge in [-0.1, -0.05) is 0 Å². The molecule has 2 aromatic carbocycles. The molecule has 0 aliphatic rings. The van der Waals surface area contributed by atoms with Crippen molar-refractivity contribution < 1.29 is 19.1 Å². The number of nitrogens with one attached hydrogen (secondary N) is 1. The molecule has 1 N–H and O–H groups in total. The first-order valence-electron chi connectivity index (χ1n) is 10.3. The number of carbonyl (C=O) groups excluding carboxylic acids is 2. The predicted molar refractivity (Wildman–Crippen MR) is 130 cm³/mol. The van der Waals surface area contributed by atoms with E-state index in [1.54, 1.807) is 43.5 Å². The molecule has 34 heavy (non-hydrogen) atoms. The molecule has 0 unspecified atom stereocenters. The molecule has 0 fully saturated rings. The lowest BCUT2D eigenvalue weighted by atomic mass is 10.1. The first kappa shape index (κ1) is 23.1. The Labute approximate surface area is 199 Å². The maximum Gasteiger partial charge on any atom is 0.294 e. The van der Waals surface area contributed by atoms with Gasteiger partial charge in [0.2, 0.25) is 5.91 Å². The third-order valence-corrected chi connectivity index (χ3v) is 6.11. The van der Waals surface area contributed by atoms with Gasteiger partial charge in [-0.05, 0) is 56.3 Å². The molecule has 0 radical (unpaired) electrons. The van der Waals surface area contributed by atoms with Gasteiger partial charge in [0, 0.05) is 16.8 Å². The van der Waals surface area contributed by atoms with E-state index in [4.69, 9.17) is 9.47 Å². The number of aromatic nitrogens is 3. The van der Waals surface area contributed by atoms with Crippen LogP contribution >= 0.6 is 11.3 Å². The minimum atomic E-state index is -0.453. The largest absolute Gasteiger partial charge is 0.493 e. The van der Waals surface area contributed by atoms with E-state index in [1.807, 2.05) is 13.0 Å². The number of ketones is 1. The molecule has 174 valence electrons. The van der Waals surface area contributed by atoms with Crippen molar-refractivity contribution in [3.05, 3.63) is 63.4 Å². The van der Waals surface area contributed by atoms with Gasteiger partial charge in [0.15, 0.2) is 22.8 Å². The van der Waals surface area contributed by atoms with E-state index in [0.29, 0.717) is 43.7 Å². The first-order chi connectivity index (χ1) is 16.3. The van der Waals surface area contributed by atoms with Crippen molar-refractivity contribution in [2.24, 2.45) is 0 Å². The molecular weight excluding hydrogens is 456 g/mol. The highest BCUT2D eigenvalue weighted by atomic mass is 32.1. The second-order valence-corrected chi connectivity index (χ2v) is 8.68. The third kappa shape index (κ3) is 4.53.